The molecule has 0 saturated carbocycles. The van der Waals surface area contributed by atoms with E-state index in [1.54, 1.807) is 0 Å². The SMILES string of the molecule is O=C(CCc1nc(-c2ccccc2)no1)NCCCCNC1=C2C=CC=CC2C(=O)N=N1. The lowest BCUT2D eigenvalue weighted by Crippen LogP contribution is -2.26. The molecule has 1 aliphatic heterocycles. The summed E-state index contributed by atoms with van der Waals surface area (Å²) in [6.45, 7) is 1.26. The van der Waals surface area contributed by atoms with E-state index in [4.69, 9.17) is 4.52 Å². The Morgan fingerprint density at radius 1 is 1.06 bits per heavy atom. The Hall–Kier alpha value is -3.88. The second-order valence-corrected chi connectivity index (χ2v) is 7.43. The van der Waals surface area contributed by atoms with E-state index in [0.29, 0.717) is 43.5 Å². The van der Waals surface area contributed by atoms with Gasteiger partial charge in [0, 0.05) is 37.1 Å². The average Bonchev–Trinajstić information content (AvgIpc) is 3.31. The number of hydrogen-bond donors (Lipinski definition) is 2. The van der Waals surface area contributed by atoms with Gasteiger partial charge in [-0.3, -0.25) is 9.59 Å². The number of carbonyl (C=O) groups is 2. The molecule has 4 rings (SSSR count). The lowest BCUT2D eigenvalue weighted by Gasteiger charge is -2.20. The number of benzene rings is 1. The minimum absolute atomic E-state index is 0.0519. The molecule has 0 radical (unpaired) electrons. The van der Waals surface area contributed by atoms with Crippen LogP contribution >= 0.6 is 0 Å². The topological polar surface area (TPSA) is 122 Å². The van der Waals surface area contributed by atoms with Crippen LogP contribution in [-0.2, 0) is 16.0 Å². The third-order valence-corrected chi connectivity index (χ3v) is 5.10. The predicted molar refractivity (Wildman–Crippen MR) is 117 cm³/mol. The van der Waals surface area contributed by atoms with Gasteiger partial charge in [0.15, 0.2) is 5.82 Å². The van der Waals surface area contributed by atoms with E-state index < -0.39 is 0 Å². The third kappa shape index (κ3) is 5.42. The van der Waals surface area contributed by atoms with E-state index in [0.717, 1.165) is 24.0 Å². The fourth-order valence-corrected chi connectivity index (χ4v) is 3.39. The summed E-state index contributed by atoms with van der Waals surface area (Å²) >= 11 is 0. The fourth-order valence-electron chi connectivity index (χ4n) is 3.39. The van der Waals surface area contributed by atoms with E-state index in [-0.39, 0.29) is 17.7 Å². The highest BCUT2D eigenvalue weighted by Gasteiger charge is 2.26. The van der Waals surface area contributed by atoms with Gasteiger partial charge in [0.05, 0.1) is 5.92 Å². The molecule has 2 heterocycles. The molecule has 0 fully saturated rings. The van der Waals surface area contributed by atoms with Gasteiger partial charge in [0.1, 0.15) is 0 Å². The van der Waals surface area contributed by atoms with Crippen molar-refractivity contribution in [3.63, 3.8) is 0 Å². The number of carbonyl (C=O) groups excluding carboxylic acids is 2. The number of nitrogens with one attached hydrogen (secondary N) is 2. The van der Waals surface area contributed by atoms with Crippen molar-refractivity contribution in [2.45, 2.75) is 25.7 Å². The Bertz CT molecular complexity index is 1080. The van der Waals surface area contributed by atoms with Crippen LogP contribution in [-0.4, -0.2) is 35.0 Å². The first-order valence-corrected chi connectivity index (χ1v) is 10.6. The molecule has 32 heavy (non-hydrogen) atoms. The molecule has 0 bridgehead atoms. The maximum atomic E-state index is 12.1. The van der Waals surface area contributed by atoms with Crippen molar-refractivity contribution in [1.29, 1.82) is 0 Å². The number of fused-ring (bicyclic) bond motifs is 1. The highest BCUT2D eigenvalue weighted by Crippen LogP contribution is 2.27. The zero-order chi connectivity index (χ0) is 22.2. The molecule has 1 aromatic carbocycles. The summed E-state index contributed by atoms with van der Waals surface area (Å²) in [4.78, 5) is 28.2. The molecule has 1 atom stereocenters. The van der Waals surface area contributed by atoms with E-state index >= 15 is 0 Å². The summed E-state index contributed by atoms with van der Waals surface area (Å²) in [7, 11) is 0. The van der Waals surface area contributed by atoms with E-state index in [1.165, 1.54) is 0 Å². The van der Waals surface area contributed by atoms with Crippen LogP contribution in [0.2, 0.25) is 0 Å². The summed E-state index contributed by atoms with van der Waals surface area (Å²) in [5, 5.41) is 17.8. The number of nitrogens with zero attached hydrogens (tertiary/aromatic N) is 4. The first kappa shape index (κ1) is 21.4. The van der Waals surface area contributed by atoms with Crippen LogP contribution in [0.3, 0.4) is 0 Å². The monoisotopic (exact) mass is 432 g/mol. The standard InChI is InChI=1S/C23H24N6O3/c30-19(12-13-20-26-21(29-32-20)16-8-2-1-3-9-16)24-14-6-7-15-25-22-17-10-4-5-11-18(17)23(31)28-27-22/h1-5,8-11,18,25H,6-7,12-15H2,(H,24,30). The molecule has 9 heteroatoms. The minimum Gasteiger partial charge on any atom is -0.368 e. The van der Waals surface area contributed by atoms with Crippen molar-refractivity contribution >= 4 is 11.8 Å². The predicted octanol–water partition coefficient (Wildman–Crippen LogP) is 3.10. The molecule has 2 aliphatic rings. The molecule has 1 unspecified atom stereocenters. The summed E-state index contributed by atoms with van der Waals surface area (Å²) in [5.41, 5.74) is 1.72. The van der Waals surface area contributed by atoms with Gasteiger partial charge in [0.2, 0.25) is 17.6 Å². The Morgan fingerprint density at radius 3 is 2.78 bits per heavy atom. The van der Waals surface area contributed by atoms with Gasteiger partial charge >= 0.3 is 0 Å². The van der Waals surface area contributed by atoms with Crippen LogP contribution in [0.4, 0.5) is 0 Å². The molecular weight excluding hydrogens is 408 g/mol. The molecule has 2 amide bonds. The lowest BCUT2D eigenvalue weighted by atomic mass is 9.93. The Morgan fingerprint density at radius 2 is 1.91 bits per heavy atom. The van der Waals surface area contributed by atoms with Crippen LogP contribution < -0.4 is 10.6 Å². The van der Waals surface area contributed by atoms with E-state index in [2.05, 4.69) is 31.0 Å². The van der Waals surface area contributed by atoms with Crippen molar-refractivity contribution in [2.24, 2.45) is 16.1 Å². The Balaban J connectivity index is 1.12. The largest absolute Gasteiger partial charge is 0.368 e. The second kappa shape index (κ2) is 10.4. The molecular formula is C23H24N6O3. The van der Waals surface area contributed by atoms with Gasteiger partial charge in [-0.25, -0.2) is 0 Å². The van der Waals surface area contributed by atoms with Gasteiger partial charge in [-0.05, 0) is 12.8 Å². The molecule has 0 spiro atoms. The third-order valence-electron chi connectivity index (χ3n) is 5.10. The van der Waals surface area contributed by atoms with E-state index in [1.807, 2.05) is 54.6 Å². The lowest BCUT2D eigenvalue weighted by molar-refractivity contribution is -0.121. The van der Waals surface area contributed by atoms with Gasteiger partial charge in [-0.2, -0.15) is 4.98 Å². The highest BCUT2D eigenvalue weighted by atomic mass is 16.5. The molecule has 0 saturated heterocycles. The molecule has 1 aliphatic carbocycles. The second-order valence-electron chi connectivity index (χ2n) is 7.43. The first-order chi connectivity index (χ1) is 15.7. The Labute approximate surface area is 185 Å². The highest BCUT2D eigenvalue weighted by molar-refractivity contribution is 5.86. The number of amides is 2. The van der Waals surface area contributed by atoms with Crippen LogP contribution in [0.15, 0.2) is 80.8 Å². The molecule has 2 N–H and O–H groups in total. The summed E-state index contributed by atoms with van der Waals surface area (Å²) in [6, 6.07) is 9.56. The van der Waals surface area contributed by atoms with Crippen molar-refractivity contribution in [2.75, 3.05) is 13.1 Å². The van der Waals surface area contributed by atoms with Gasteiger partial charge < -0.3 is 15.2 Å². The number of allylic oxidation sites excluding steroid dienone is 3. The first-order valence-electron chi connectivity index (χ1n) is 10.6. The minimum atomic E-state index is -0.345. The van der Waals surface area contributed by atoms with Crippen molar-refractivity contribution in [3.8, 4) is 11.4 Å². The van der Waals surface area contributed by atoms with Crippen molar-refractivity contribution in [3.05, 3.63) is 71.9 Å². The van der Waals surface area contributed by atoms with Gasteiger partial charge in [-0.15, -0.1) is 10.2 Å². The molecule has 9 nitrogen and oxygen atoms in total. The number of azo groups is 1. The summed E-state index contributed by atoms with van der Waals surface area (Å²) in [6.07, 6.45) is 9.78. The molecule has 164 valence electrons. The maximum Gasteiger partial charge on any atom is 0.276 e. The number of rotatable bonds is 10. The van der Waals surface area contributed by atoms with Crippen LogP contribution in [0.5, 0.6) is 0 Å². The van der Waals surface area contributed by atoms with E-state index in [9.17, 15) is 9.59 Å². The zero-order valence-corrected chi connectivity index (χ0v) is 17.5. The van der Waals surface area contributed by atoms with Crippen molar-refractivity contribution in [1.82, 2.24) is 20.8 Å². The molecule has 2 aromatic rings. The zero-order valence-electron chi connectivity index (χ0n) is 17.5. The van der Waals surface area contributed by atoms with Crippen LogP contribution in [0.1, 0.15) is 25.2 Å². The van der Waals surface area contributed by atoms with Crippen LogP contribution in [0, 0.1) is 5.92 Å². The summed E-state index contributed by atoms with van der Waals surface area (Å²) < 4.78 is 5.23. The van der Waals surface area contributed by atoms with Gasteiger partial charge in [0.25, 0.3) is 5.91 Å². The number of unbranched alkanes of at least 4 members (excludes halogenated alkanes) is 1. The van der Waals surface area contributed by atoms with Crippen LogP contribution in [0.25, 0.3) is 11.4 Å². The number of aromatic nitrogens is 2. The Kier molecular flexibility index (Phi) is 6.96. The fraction of sp³-hybridized carbons (Fsp3) is 0.304. The molecule has 1 aromatic heterocycles. The normalized spacial score (nSPS) is 16.9. The average molecular weight is 432 g/mol. The van der Waals surface area contributed by atoms with Crippen molar-refractivity contribution < 1.29 is 14.1 Å². The quantitative estimate of drug-likeness (QED) is 0.556. The number of hydrogen-bond acceptors (Lipinski definition) is 7. The van der Waals surface area contributed by atoms with Gasteiger partial charge in [-0.1, -0.05) is 59.8 Å². The maximum absolute atomic E-state index is 12.1. The smallest absolute Gasteiger partial charge is 0.276 e. The summed E-state index contributed by atoms with van der Waals surface area (Å²) in [5.74, 6) is 0.963. The number of aryl methyl sites for hydroxylation is 1.